The molecule has 21 heavy (non-hydrogen) atoms. The van der Waals surface area contributed by atoms with Crippen molar-refractivity contribution in [3.05, 3.63) is 46.2 Å². The van der Waals surface area contributed by atoms with E-state index in [1.807, 2.05) is 30.3 Å². The molecule has 2 rings (SSSR count). The molecule has 0 spiro atoms. The third-order valence-electron chi connectivity index (χ3n) is 3.43. The van der Waals surface area contributed by atoms with E-state index in [0.29, 0.717) is 6.54 Å². The van der Waals surface area contributed by atoms with Crippen molar-refractivity contribution >= 4 is 10.9 Å². The lowest BCUT2D eigenvalue weighted by atomic mass is 10.1. The highest BCUT2D eigenvalue weighted by Gasteiger charge is 2.02. The highest BCUT2D eigenvalue weighted by molar-refractivity contribution is 5.78. The number of H-pyrrole nitrogens is 1. The highest BCUT2D eigenvalue weighted by atomic mass is 16.5. The Labute approximate surface area is 125 Å². The number of benzene rings is 1. The molecule has 0 atom stereocenters. The van der Waals surface area contributed by atoms with Crippen LogP contribution in [0.2, 0.25) is 0 Å². The summed E-state index contributed by atoms with van der Waals surface area (Å²) in [5.41, 5.74) is 1.65. The molecule has 0 fully saturated rings. The van der Waals surface area contributed by atoms with Gasteiger partial charge in [-0.3, -0.25) is 4.79 Å². The number of nitrogens with one attached hydrogen (secondary N) is 2. The van der Waals surface area contributed by atoms with Crippen LogP contribution in [0, 0.1) is 0 Å². The molecular weight excluding hydrogens is 264 g/mol. The van der Waals surface area contributed by atoms with Gasteiger partial charge in [-0.25, -0.2) is 0 Å². The van der Waals surface area contributed by atoms with E-state index in [2.05, 4.69) is 17.2 Å². The quantitative estimate of drug-likeness (QED) is 0.698. The molecule has 0 saturated heterocycles. The molecule has 0 aliphatic heterocycles. The Kier molecular flexibility index (Phi) is 6.44. The number of ether oxygens (including phenoxy) is 1. The van der Waals surface area contributed by atoms with Gasteiger partial charge in [0.1, 0.15) is 0 Å². The molecule has 0 amide bonds. The first-order valence-corrected chi connectivity index (χ1v) is 7.70. The van der Waals surface area contributed by atoms with Crippen LogP contribution >= 0.6 is 0 Å². The van der Waals surface area contributed by atoms with Crippen molar-refractivity contribution in [1.82, 2.24) is 10.3 Å². The zero-order valence-corrected chi connectivity index (χ0v) is 12.7. The van der Waals surface area contributed by atoms with Crippen LogP contribution in [-0.4, -0.2) is 24.7 Å². The van der Waals surface area contributed by atoms with Gasteiger partial charge < -0.3 is 15.0 Å². The number of rotatable bonds is 9. The first-order chi connectivity index (χ1) is 10.3. The van der Waals surface area contributed by atoms with Crippen LogP contribution in [0.4, 0.5) is 0 Å². The minimum Gasteiger partial charge on any atom is -0.381 e. The maximum atomic E-state index is 12.0. The van der Waals surface area contributed by atoms with E-state index < -0.39 is 0 Å². The zero-order valence-electron chi connectivity index (χ0n) is 12.7. The molecule has 2 aromatic rings. The number of fused-ring (bicyclic) bond motifs is 1. The molecule has 1 aromatic heterocycles. The van der Waals surface area contributed by atoms with E-state index in [-0.39, 0.29) is 5.56 Å². The van der Waals surface area contributed by atoms with Gasteiger partial charge in [-0.1, -0.05) is 31.5 Å². The maximum Gasteiger partial charge on any atom is 0.252 e. The molecule has 1 aromatic carbocycles. The number of aromatic nitrogens is 1. The van der Waals surface area contributed by atoms with E-state index in [1.165, 1.54) is 6.42 Å². The largest absolute Gasteiger partial charge is 0.381 e. The molecule has 4 nitrogen and oxygen atoms in total. The number of hydrogen-bond donors (Lipinski definition) is 2. The number of unbranched alkanes of at least 4 members (excludes halogenated alkanes) is 1. The fourth-order valence-electron chi connectivity index (χ4n) is 2.19. The van der Waals surface area contributed by atoms with Crippen LogP contribution in [0.5, 0.6) is 0 Å². The van der Waals surface area contributed by atoms with E-state index in [4.69, 9.17) is 4.74 Å². The van der Waals surface area contributed by atoms with Gasteiger partial charge in [0.25, 0.3) is 5.56 Å². The van der Waals surface area contributed by atoms with Crippen LogP contribution in [0.3, 0.4) is 0 Å². The minimum atomic E-state index is -0.0135. The topological polar surface area (TPSA) is 54.1 Å². The summed E-state index contributed by atoms with van der Waals surface area (Å²) < 4.78 is 5.50. The Morgan fingerprint density at radius 3 is 2.86 bits per heavy atom. The van der Waals surface area contributed by atoms with Gasteiger partial charge in [-0.15, -0.1) is 0 Å². The predicted molar refractivity (Wildman–Crippen MR) is 86.6 cm³/mol. The van der Waals surface area contributed by atoms with Crippen molar-refractivity contribution < 1.29 is 4.74 Å². The van der Waals surface area contributed by atoms with Crippen molar-refractivity contribution in [2.24, 2.45) is 0 Å². The highest BCUT2D eigenvalue weighted by Crippen LogP contribution is 2.09. The van der Waals surface area contributed by atoms with Crippen molar-refractivity contribution in [3.63, 3.8) is 0 Å². The lowest BCUT2D eigenvalue weighted by Crippen LogP contribution is -2.22. The molecule has 4 heteroatoms. The molecular formula is C17H24N2O2. The molecule has 0 unspecified atom stereocenters. The average Bonchev–Trinajstić information content (AvgIpc) is 2.50. The van der Waals surface area contributed by atoms with Crippen molar-refractivity contribution in [1.29, 1.82) is 0 Å². The van der Waals surface area contributed by atoms with Gasteiger partial charge in [-0.05, 0) is 36.9 Å². The molecule has 0 bridgehead atoms. The van der Waals surface area contributed by atoms with Crippen LogP contribution in [-0.2, 0) is 11.3 Å². The summed E-state index contributed by atoms with van der Waals surface area (Å²) in [5.74, 6) is 0. The molecule has 0 radical (unpaired) electrons. The normalized spacial score (nSPS) is 11.1. The molecule has 0 saturated carbocycles. The van der Waals surface area contributed by atoms with Gasteiger partial charge >= 0.3 is 0 Å². The fourth-order valence-corrected chi connectivity index (χ4v) is 2.19. The van der Waals surface area contributed by atoms with E-state index in [0.717, 1.165) is 49.1 Å². The summed E-state index contributed by atoms with van der Waals surface area (Å²) in [5, 5.41) is 4.36. The second-order valence-electron chi connectivity index (χ2n) is 5.21. The number of aromatic amines is 1. The van der Waals surface area contributed by atoms with Crippen molar-refractivity contribution in [3.8, 4) is 0 Å². The van der Waals surface area contributed by atoms with E-state index in [9.17, 15) is 4.79 Å². The Hall–Kier alpha value is -1.65. The monoisotopic (exact) mass is 288 g/mol. The van der Waals surface area contributed by atoms with Gasteiger partial charge in [0.05, 0.1) is 0 Å². The molecule has 1 heterocycles. The second-order valence-corrected chi connectivity index (χ2v) is 5.21. The smallest absolute Gasteiger partial charge is 0.252 e. The summed E-state index contributed by atoms with van der Waals surface area (Å²) in [4.78, 5) is 14.9. The Morgan fingerprint density at radius 2 is 2.00 bits per heavy atom. The minimum absolute atomic E-state index is 0.0135. The lowest BCUT2D eigenvalue weighted by Gasteiger charge is -2.06. The van der Waals surface area contributed by atoms with Gasteiger partial charge in [-0.2, -0.15) is 0 Å². The molecule has 114 valence electrons. The fraction of sp³-hybridized carbons (Fsp3) is 0.471. The molecule has 2 N–H and O–H groups in total. The lowest BCUT2D eigenvalue weighted by molar-refractivity contribution is 0.129. The summed E-state index contributed by atoms with van der Waals surface area (Å²) in [6, 6.07) is 9.79. The van der Waals surface area contributed by atoms with Crippen LogP contribution in [0.1, 0.15) is 31.7 Å². The summed E-state index contributed by atoms with van der Waals surface area (Å²) in [7, 11) is 0. The zero-order chi connectivity index (χ0) is 14.9. The average molecular weight is 288 g/mol. The second kappa shape index (κ2) is 8.60. The van der Waals surface area contributed by atoms with Crippen LogP contribution in [0.25, 0.3) is 10.9 Å². The Morgan fingerprint density at radius 1 is 1.19 bits per heavy atom. The predicted octanol–water partition coefficient (Wildman–Crippen LogP) is 2.82. The third kappa shape index (κ3) is 4.99. The van der Waals surface area contributed by atoms with Crippen LogP contribution < -0.4 is 10.9 Å². The summed E-state index contributed by atoms with van der Waals surface area (Å²) in [6.07, 6.45) is 3.26. The first kappa shape index (κ1) is 15.7. The molecule has 0 aliphatic carbocycles. The summed E-state index contributed by atoms with van der Waals surface area (Å²) >= 11 is 0. The first-order valence-electron chi connectivity index (χ1n) is 7.70. The number of para-hydroxylation sites is 1. The number of pyridine rings is 1. The van der Waals surface area contributed by atoms with Gasteiger partial charge in [0.15, 0.2) is 0 Å². The maximum absolute atomic E-state index is 12.0. The SMILES string of the molecule is CCCCOCCCNCc1cc2ccccc2[nH]c1=O. The molecule has 0 aliphatic rings. The summed E-state index contributed by atoms with van der Waals surface area (Å²) in [6.45, 7) is 5.24. The Bertz CT molecular complexity index is 607. The van der Waals surface area contributed by atoms with E-state index >= 15 is 0 Å². The number of hydrogen-bond acceptors (Lipinski definition) is 3. The van der Waals surface area contributed by atoms with Gasteiger partial charge in [0, 0.05) is 30.8 Å². The third-order valence-corrected chi connectivity index (χ3v) is 3.43. The van der Waals surface area contributed by atoms with Crippen molar-refractivity contribution in [2.75, 3.05) is 19.8 Å². The van der Waals surface area contributed by atoms with Crippen molar-refractivity contribution in [2.45, 2.75) is 32.7 Å². The Balaban J connectivity index is 1.76. The standard InChI is InChI=1S/C17H24N2O2/c1-2-3-10-21-11-6-9-18-13-15-12-14-7-4-5-8-16(14)19-17(15)20/h4-5,7-8,12,18H,2-3,6,9-11,13H2,1H3,(H,19,20). The van der Waals surface area contributed by atoms with E-state index in [1.54, 1.807) is 0 Å². The van der Waals surface area contributed by atoms with Crippen LogP contribution in [0.15, 0.2) is 35.1 Å². The van der Waals surface area contributed by atoms with Gasteiger partial charge in [0.2, 0.25) is 0 Å².